The van der Waals surface area contributed by atoms with Crippen molar-refractivity contribution in [2.75, 3.05) is 38.0 Å². The molecule has 0 unspecified atom stereocenters. The zero-order valence-electron chi connectivity index (χ0n) is 16.1. The summed E-state index contributed by atoms with van der Waals surface area (Å²) < 4.78 is 38.2. The molecular weight excluding hydrogens is 375 g/mol. The van der Waals surface area contributed by atoms with Gasteiger partial charge in [0.2, 0.25) is 11.8 Å². The molecule has 2 N–H and O–H groups in total. The monoisotopic (exact) mass is 401 g/mol. The number of piperazine rings is 1. The van der Waals surface area contributed by atoms with Crippen LogP contribution in [0.1, 0.15) is 25.8 Å². The molecule has 1 fully saturated rings. The Hall–Kier alpha value is -2.13. The quantitative estimate of drug-likeness (QED) is 0.765. The Morgan fingerprint density at radius 2 is 1.75 bits per heavy atom. The summed E-state index contributed by atoms with van der Waals surface area (Å²) in [4.78, 5) is 27.5. The minimum absolute atomic E-state index is 0.139. The van der Waals surface area contributed by atoms with Gasteiger partial charge in [-0.15, -0.1) is 0 Å². The number of carbonyl (C=O) groups excluding carboxylic acids is 2. The molecule has 0 saturated carbocycles. The van der Waals surface area contributed by atoms with E-state index in [0.29, 0.717) is 20.0 Å². The van der Waals surface area contributed by atoms with E-state index < -0.39 is 24.1 Å². The molecule has 1 aromatic rings. The number of para-hydroxylation sites is 1. The third-order valence-corrected chi connectivity index (χ3v) is 4.87. The topological polar surface area (TPSA) is 72.9 Å². The van der Waals surface area contributed by atoms with E-state index in [1.54, 1.807) is 0 Å². The number of halogens is 3. The number of rotatable bonds is 6. The molecule has 0 spiro atoms. The van der Waals surface area contributed by atoms with Crippen LogP contribution >= 0.6 is 0 Å². The van der Waals surface area contributed by atoms with Gasteiger partial charge in [-0.2, -0.15) is 13.2 Å². The maximum Gasteiger partial charge on any atom is 0.417 e. The Labute approximate surface area is 162 Å². The van der Waals surface area contributed by atoms with Crippen molar-refractivity contribution in [3.05, 3.63) is 29.8 Å². The molecule has 1 saturated heterocycles. The molecule has 0 radical (unpaired) electrons. The third-order valence-electron chi connectivity index (χ3n) is 4.87. The normalized spacial score (nSPS) is 17.9. The highest BCUT2D eigenvalue weighted by Gasteiger charge is 2.51. The molecule has 1 aliphatic rings. The van der Waals surface area contributed by atoms with Crippen LogP contribution in [0, 0.1) is 0 Å². The lowest BCUT2D eigenvalue weighted by Gasteiger charge is -2.36. The number of aryl methyl sites for hydroxylation is 1. The molecule has 0 aliphatic carbocycles. The van der Waals surface area contributed by atoms with Crippen LogP contribution in [-0.2, 0) is 16.0 Å². The minimum atomic E-state index is -4.86. The lowest BCUT2D eigenvalue weighted by atomic mass is 10.0. The van der Waals surface area contributed by atoms with Crippen molar-refractivity contribution in [1.29, 1.82) is 0 Å². The summed E-state index contributed by atoms with van der Waals surface area (Å²) in [5, 5.41) is 12.3. The Bertz CT molecular complexity index is 699. The number of alkyl halides is 3. The summed E-state index contributed by atoms with van der Waals surface area (Å²) >= 11 is 0. The summed E-state index contributed by atoms with van der Waals surface area (Å²) in [7, 11) is 0. The number of benzene rings is 1. The molecule has 1 aliphatic heterocycles. The highest BCUT2D eigenvalue weighted by molar-refractivity contribution is 5.93. The molecule has 0 bridgehead atoms. The molecule has 156 valence electrons. The first kappa shape index (κ1) is 22.2. The molecule has 2 rings (SSSR count). The van der Waals surface area contributed by atoms with Gasteiger partial charge >= 0.3 is 6.18 Å². The van der Waals surface area contributed by atoms with E-state index in [0.717, 1.165) is 17.7 Å². The highest BCUT2D eigenvalue weighted by atomic mass is 19.4. The van der Waals surface area contributed by atoms with Gasteiger partial charge in [0, 0.05) is 31.9 Å². The lowest BCUT2D eigenvalue weighted by Crippen LogP contribution is -2.53. The summed E-state index contributed by atoms with van der Waals surface area (Å²) in [5.74, 6) is -0.927. The van der Waals surface area contributed by atoms with E-state index in [2.05, 4.69) is 5.32 Å². The van der Waals surface area contributed by atoms with Gasteiger partial charge in [0.1, 0.15) is 0 Å². The van der Waals surface area contributed by atoms with Crippen LogP contribution in [0.3, 0.4) is 0 Å². The van der Waals surface area contributed by atoms with Gasteiger partial charge in [0.15, 0.2) is 5.60 Å². The molecule has 0 aromatic heterocycles. The fraction of sp³-hybridized carbons (Fsp3) is 0.579. The zero-order valence-corrected chi connectivity index (χ0v) is 16.1. The van der Waals surface area contributed by atoms with Crippen molar-refractivity contribution in [2.24, 2.45) is 0 Å². The molecule has 6 nitrogen and oxygen atoms in total. The third kappa shape index (κ3) is 5.68. The van der Waals surface area contributed by atoms with Crippen molar-refractivity contribution < 1.29 is 27.9 Å². The Morgan fingerprint density at radius 1 is 1.14 bits per heavy atom. The van der Waals surface area contributed by atoms with Crippen LogP contribution in [0.5, 0.6) is 0 Å². The summed E-state index contributed by atoms with van der Waals surface area (Å²) in [6.07, 6.45) is -5.08. The van der Waals surface area contributed by atoms with Crippen LogP contribution in [0.15, 0.2) is 24.3 Å². The Kier molecular flexibility index (Phi) is 7.06. The van der Waals surface area contributed by atoms with E-state index in [9.17, 15) is 27.9 Å². The maximum absolute atomic E-state index is 12.7. The van der Waals surface area contributed by atoms with Gasteiger partial charge in [0.05, 0.1) is 13.0 Å². The maximum atomic E-state index is 12.7. The van der Waals surface area contributed by atoms with Gasteiger partial charge < -0.3 is 15.3 Å². The summed E-state index contributed by atoms with van der Waals surface area (Å²) in [5.41, 5.74) is -1.26. The molecule has 1 heterocycles. The SMILES string of the molecule is CCc1ccccc1NC(=O)CN1CCN(C(=O)C[C@](C)(O)C(F)(F)F)CC1. The summed E-state index contributed by atoms with van der Waals surface area (Å²) in [6.45, 7) is 3.92. The predicted octanol–water partition coefficient (Wildman–Crippen LogP) is 2.04. The van der Waals surface area contributed by atoms with Crippen molar-refractivity contribution >= 4 is 17.5 Å². The first-order valence-corrected chi connectivity index (χ1v) is 9.20. The van der Waals surface area contributed by atoms with Gasteiger partial charge in [-0.1, -0.05) is 25.1 Å². The van der Waals surface area contributed by atoms with Gasteiger partial charge in [-0.05, 0) is 25.0 Å². The first-order valence-electron chi connectivity index (χ1n) is 9.20. The van der Waals surface area contributed by atoms with E-state index in [1.807, 2.05) is 36.1 Å². The average Bonchev–Trinajstić information content (AvgIpc) is 2.61. The van der Waals surface area contributed by atoms with Gasteiger partial charge in [-0.3, -0.25) is 14.5 Å². The molecule has 2 amide bonds. The zero-order chi connectivity index (χ0) is 20.9. The second-order valence-corrected chi connectivity index (χ2v) is 7.16. The van der Waals surface area contributed by atoms with Crippen molar-refractivity contribution in [1.82, 2.24) is 9.80 Å². The van der Waals surface area contributed by atoms with Gasteiger partial charge in [0.25, 0.3) is 0 Å². The van der Waals surface area contributed by atoms with Crippen LogP contribution < -0.4 is 5.32 Å². The highest BCUT2D eigenvalue weighted by Crippen LogP contribution is 2.33. The number of amides is 2. The fourth-order valence-electron chi connectivity index (χ4n) is 3.01. The van der Waals surface area contributed by atoms with E-state index in [-0.39, 0.29) is 25.5 Å². The number of carbonyl (C=O) groups is 2. The number of hydrogen-bond acceptors (Lipinski definition) is 4. The number of aliphatic hydroxyl groups is 1. The number of anilines is 1. The van der Waals surface area contributed by atoms with Crippen molar-refractivity contribution in [2.45, 2.75) is 38.5 Å². The fourth-order valence-corrected chi connectivity index (χ4v) is 3.01. The molecule has 28 heavy (non-hydrogen) atoms. The minimum Gasteiger partial charge on any atom is -0.380 e. The van der Waals surface area contributed by atoms with Crippen LogP contribution in [-0.4, -0.2) is 71.2 Å². The first-order chi connectivity index (χ1) is 13.0. The second kappa shape index (κ2) is 8.91. The lowest BCUT2D eigenvalue weighted by molar-refractivity contribution is -0.254. The summed E-state index contributed by atoms with van der Waals surface area (Å²) in [6, 6.07) is 7.52. The largest absolute Gasteiger partial charge is 0.417 e. The van der Waals surface area contributed by atoms with Crippen molar-refractivity contribution in [3.8, 4) is 0 Å². The van der Waals surface area contributed by atoms with E-state index in [1.165, 1.54) is 4.90 Å². The molecule has 1 atom stereocenters. The Morgan fingerprint density at radius 3 is 2.32 bits per heavy atom. The van der Waals surface area contributed by atoms with E-state index in [4.69, 9.17) is 0 Å². The number of hydrogen-bond donors (Lipinski definition) is 2. The van der Waals surface area contributed by atoms with Crippen LogP contribution in [0.4, 0.5) is 18.9 Å². The Balaban J connectivity index is 1.82. The van der Waals surface area contributed by atoms with E-state index >= 15 is 0 Å². The molecular formula is C19H26F3N3O3. The van der Waals surface area contributed by atoms with Crippen molar-refractivity contribution in [3.63, 3.8) is 0 Å². The standard InChI is InChI=1S/C19H26F3N3O3/c1-3-14-6-4-5-7-15(14)23-16(26)13-24-8-10-25(11-9-24)17(27)12-18(2,28)19(20,21)22/h4-7,28H,3,8-13H2,1-2H3,(H,23,26)/t18-/m0/s1. The molecule has 9 heteroatoms. The number of nitrogens with zero attached hydrogens (tertiary/aromatic N) is 2. The average molecular weight is 401 g/mol. The van der Waals surface area contributed by atoms with Crippen LogP contribution in [0.25, 0.3) is 0 Å². The van der Waals surface area contributed by atoms with Gasteiger partial charge in [-0.25, -0.2) is 0 Å². The second-order valence-electron chi connectivity index (χ2n) is 7.16. The smallest absolute Gasteiger partial charge is 0.380 e. The number of nitrogens with one attached hydrogen (secondary N) is 1. The predicted molar refractivity (Wildman–Crippen MR) is 98.8 cm³/mol. The molecule has 1 aromatic carbocycles. The van der Waals surface area contributed by atoms with Crippen LogP contribution in [0.2, 0.25) is 0 Å².